The average molecular weight is 263 g/mol. The summed E-state index contributed by atoms with van der Waals surface area (Å²) in [5.41, 5.74) is 11.0. The van der Waals surface area contributed by atoms with Crippen LogP contribution in [0.1, 0.15) is 24.5 Å². The van der Waals surface area contributed by atoms with Gasteiger partial charge in [0.1, 0.15) is 0 Å². The first-order valence-corrected chi connectivity index (χ1v) is 6.87. The SMILES string of the molecule is CC1CCc2ccccc2N1c1cc(C#N)ccc1N. The van der Waals surface area contributed by atoms with Crippen LogP contribution in [0, 0.1) is 11.3 Å². The van der Waals surface area contributed by atoms with Crippen LogP contribution in [-0.2, 0) is 6.42 Å². The van der Waals surface area contributed by atoms with E-state index in [0.29, 0.717) is 17.3 Å². The summed E-state index contributed by atoms with van der Waals surface area (Å²) in [6.45, 7) is 2.20. The molecule has 0 aliphatic carbocycles. The summed E-state index contributed by atoms with van der Waals surface area (Å²) in [7, 11) is 0. The number of hydrogen-bond donors (Lipinski definition) is 1. The molecule has 0 bridgehead atoms. The zero-order chi connectivity index (χ0) is 14.1. The number of nitrogens with two attached hydrogens (primary N) is 1. The number of para-hydroxylation sites is 1. The van der Waals surface area contributed by atoms with Crippen LogP contribution in [0.3, 0.4) is 0 Å². The normalized spacial score (nSPS) is 17.4. The van der Waals surface area contributed by atoms with Crippen LogP contribution >= 0.6 is 0 Å². The van der Waals surface area contributed by atoms with Crippen molar-refractivity contribution in [1.82, 2.24) is 0 Å². The molecular formula is C17H17N3. The minimum absolute atomic E-state index is 0.376. The predicted octanol–water partition coefficient (Wildman–Crippen LogP) is 3.61. The molecule has 100 valence electrons. The van der Waals surface area contributed by atoms with Crippen molar-refractivity contribution in [2.75, 3.05) is 10.6 Å². The number of hydrogen-bond acceptors (Lipinski definition) is 3. The van der Waals surface area contributed by atoms with Crippen LogP contribution in [0.25, 0.3) is 0 Å². The Balaban J connectivity index is 2.16. The number of nitrogens with zero attached hydrogens (tertiary/aromatic N) is 2. The number of rotatable bonds is 1. The number of anilines is 3. The second-order valence-electron chi connectivity index (χ2n) is 5.27. The summed E-state index contributed by atoms with van der Waals surface area (Å²) < 4.78 is 0. The van der Waals surface area contributed by atoms with Gasteiger partial charge in [-0.05, 0) is 49.6 Å². The Morgan fingerprint density at radius 3 is 2.80 bits per heavy atom. The smallest absolute Gasteiger partial charge is 0.0992 e. The van der Waals surface area contributed by atoms with Gasteiger partial charge in [0.2, 0.25) is 0 Å². The van der Waals surface area contributed by atoms with Crippen molar-refractivity contribution in [1.29, 1.82) is 5.26 Å². The van der Waals surface area contributed by atoms with E-state index in [1.54, 1.807) is 6.07 Å². The molecule has 20 heavy (non-hydrogen) atoms. The predicted molar refractivity (Wildman–Crippen MR) is 81.9 cm³/mol. The zero-order valence-corrected chi connectivity index (χ0v) is 11.5. The highest BCUT2D eigenvalue weighted by molar-refractivity contribution is 5.78. The highest BCUT2D eigenvalue weighted by Gasteiger charge is 2.25. The van der Waals surface area contributed by atoms with Gasteiger partial charge < -0.3 is 10.6 Å². The van der Waals surface area contributed by atoms with Crippen molar-refractivity contribution in [3.63, 3.8) is 0 Å². The number of nitrogen functional groups attached to an aromatic ring is 1. The standard InChI is InChI=1S/C17H17N3/c1-12-6-8-14-4-2-3-5-16(14)20(12)17-10-13(11-18)7-9-15(17)19/h2-5,7,9-10,12H,6,8,19H2,1H3. The largest absolute Gasteiger partial charge is 0.397 e. The average Bonchev–Trinajstić information content (AvgIpc) is 2.48. The topological polar surface area (TPSA) is 53.0 Å². The quantitative estimate of drug-likeness (QED) is 0.799. The molecule has 3 heteroatoms. The molecular weight excluding hydrogens is 246 g/mol. The van der Waals surface area contributed by atoms with E-state index >= 15 is 0 Å². The fraction of sp³-hybridized carbons (Fsp3) is 0.235. The number of nitriles is 1. The molecule has 1 atom stereocenters. The minimum atomic E-state index is 0.376. The van der Waals surface area contributed by atoms with Crippen molar-refractivity contribution in [2.45, 2.75) is 25.8 Å². The third-order valence-corrected chi connectivity index (χ3v) is 3.94. The molecule has 1 aliphatic heterocycles. The molecule has 1 unspecified atom stereocenters. The lowest BCUT2D eigenvalue weighted by Gasteiger charge is -2.37. The van der Waals surface area contributed by atoms with Crippen molar-refractivity contribution >= 4 is 17.1 Å². The summed E-state index contributed by atoms with van der Waals surface area (Å²) in [4.78, 5) is 2.26. The maximum absolute atomic E-state index is 9.10. The van der Waals surface area contributed by atoms with E-state index in [2.05, 4.69) is 36.1 Å². The summed E-state index contributed by atoms with van der Waals surface area (Å²) in [6.07, 6.45) is 2.18. The van der Waals surface area contributed by atoms with Gasteiger partial charge in [0.15, 0.2) is 0 Å². The van der Waals surface area contributed by atoms with Crippen molar-refractivity contribution in [3.05, 3.63) is 53.6 Å². The zero-order valence-electron chi connectivity index (χ0n) is 11.5. The van der Waals surface area contributed by atoms with Gasteiger partial charge in [-0.2, -0.15) is 5.26 Å². The molecule has 2 N–H and O–H groups in total. The van der Waals surface area contributed by atoms with Crippen molar-refractivity contribution in [3.8, 4) is 6.07 Å². The summed E-state index contributed by atoms with van der Waals surface area (Å²) in [6, 6.07) is 16.4. The van der Waals surface area contributed by atoms with Gasteiger partial charge in [0, 0.05) is 11.7 Å². The second-order valence-corrected chi connectivity index (χ2v) is 5.27. The Morgan fingerprint density at radius 2 is 2.00 bits per heavy atom. The van der Waals surface area contributed by atoms with Crippen molar-refractivity contribution in [2.24, 2.45) is 0 Å². The summed E-state index contributed by atoms with van der Waals surface area (Å²) in [5, 5.41) is 9.10. The monoisotopic (exact) mass is 263 g/mol. The lowest BCUT2D eigenvalue weighted by molar-refractivity contribution is 0.618. The number of aryl methyl sites for hydroxylation is 1. The molecule has 0 spiro atoms. The first kappa shape index (κ1) is 12.6. The van der Waals surface area contributed by atoms with E-state index in [-0.39, 0.29) is 0 Å². The maximum atomic E-state index is 9.10. The number of fused-ring (bicyclic) bond motifs is 1. The minimum Gasteiger partial charge on any atom is -0.397 e. The molecule has 3 rings (SSSR count). The first-order valence-electron chi connectivity index (χ1n) is 6.87. The molecule has 0 fully saturated rings. The van der Waals surface area contributed by atoms with Gasteiger partial charge in [0.25, 0.3) is 0 Å². The van der Waals surface area contributed by atoms with Crippen LogP contribution in [0.5, 0.6) is 0 Å². The van der Waals surface area contributed by atoms with E-state index in [1.807, 2.05) is 18.2 Å². The van der Waals surface area contributed by atoms with Crippen LogP contribution in [0.2, 0.25) is 0 Å². The Kier molecular flexibility index (Phi) is 3.08. The Hall–Kier alpha value is -2.47. The van der Waals surface area contributed by atoms with Crippen LogP contribution < -0.4 is 10.6 Å². The fourth-order valence-electron chi connectivity index (χ4n) is 2.88. The highest BCUT2D eigenvalue weighted by atomic mass is 15.2. The first-order chi connectivity index (χ1) is 9.70. The fourth-order valence-corrected chi connectivity index (χ4v) is 2.88. The van der Waals surface area contributed by atoms with Crippen LogP contribution in [0.4, 0.5) is 17.1 Å². The second kappa shape index (κ2) is 4.90. The van der Waals surface area contributed by atoms with Gasteiger partial charge >= 0.3 is 0 Å². The highest BCUT2D eigenvalue weighted by Crippen LogP contribution is 2.39. The van der Waals surface area contributed by atoms with Gasteiger partial charge in [-0.3, -0.25) is 0 Å². The molecule has 3 nitrogen and oxygen atoms in total. The Labute approximate surface area is 119 Å². The molecule has 0 saturated heterocycles. The molecule has 0 aromatic heterocycles. The molecule has 0 amide bonds. The van der Waals surface area contributed by atoms with E-state index in [9.17, 15) is 0 Å². The molecule has 0 saturated carbocycles. The van der Waals surface area contributed by atoms with Crippen LogP contribution in [-0.4, -0.2) is 6.04 Å². The third-order valence-electron chi connectivity index (χ3n) is 3.94. The summed E-state index contributed by atoms with van der Waals surface area (Å²) >= 11 is 0. The molecule has 1 aliphatic rings. The lowest BCUT2D eigenvalue weighted by Crippen LogP contribution is -2.33. The molecule has 1 heterocycles. The Bertz CT molecular complexity index is 685. The Morgan fingerprint density at radius 1 is 1.20 bits per heavy atom. The van der Waals surface area contributed by atoms with Gasteiger partial charge in [-0.1, -0.05) is 18.2 Å². The van der Waals surface area contributed by atoms with E-state index in [0.717, 1.165) is 18.5 Å². The van der Waals surface area contributed by atoms with Crippen molar-refractivity contribution < 1.29 is 0 Å². The molecule has 2 aromatic carbocycles. The third kappa shape index (κ3) is 2.00. The van der Waals surface area contributed by atoms with Gasteiger partial charge in [-0.15, -0.1) is 0 Å². The van der Waals surface area contributed by atoms with E-state index < -0.39 is 0 Å². The molecule has 2 aromatic rings. The maximum Gasteiger partial charge on any atom is 0.0992 e. The number of benzene rings is 2. The lowest BCUT2D eigenvalue weighted by atomic mass is 9.95. The summed E-state index contributed by atoms with van der Waals surface area (Å²) in [5.74, 6) is 0. The molecule has 0 radical (unpaired) electrons. The van der Waals surface area contributed by atoms with E-state index in [4.69, 9.17) is 11.0 Å². The van der Waals surface area contributed by atoms with Gasteiger partial charge in [-0.25, -0.2) is 0 Å². The van der Waals surface area contributed by atoms with Gasteiger partial charge in [0.05, 0.1) is 23.0 Å². The van der Waals surface area contributed by atoms with E-state index in [1.165, 1.54) is 11.3 Å². The van der Waals surface area contributed by atoms with Crippen LogP contribution in [0.15, 0.2) is 42.5 Å².